The first-order chi connectivity index (χ1) is 8.54. The minimum Gasteiger partial charge on any atom is -0.389 e. The van der Waals surface area contributed by atoms with Crippen LogP contribution in [0.1, 0.15) is 24.2 Å². The van der Waals surface area contributed by atoms with Crippen molar-refractivity contribution < 1.29 is 18.3 Å². The number of carbonyl (C=O) groups excluding carboxylic acids is 1. The molecule has 19 heavy (non-hydrogen) atoms. The Morgan fingerprint density at radius 1 is 1.32 bits per heavy atom. The van der Waals surface area contributed by atoms with Gasteiger partial charge in [0.1, 0.15) is 0 Å². The van der Waals surface area contributed by atoms with Crippen molar-refractivity contribution in [1.29, 1.82) is 0 Å². The second kappa shape index (κ2) is 5.28. The van der Waals surface area contributed by atoms with Gasteiger partial charge in [0, 0.05) is 19.2 Å². The fourth-order valence-electron chi connectivity index (χ4n) is 1.60. The molecule has 7 heteroatoms. The molecule has 0 fully saturated rings. The number of likely N-dealkylation sites (N-methyl/N-ethyl adjacent to an activating group) is 1. The van der Waals surface area contributed by atoms with Crippen LogP contribution in [0.5, 0.6) is 0 Å². The molecule has 0 saturated carbocycles. The average molecular weight is 286 g/mol. The molecule has 0 spiro atoms. The molecule has 0 aliphatic rings. The topological polar surface area (TPSA) is 101 Å². The molecular weight excluding hydrogens is 268 g/mol. The Labute approximate surface area is 112 Å². The Bertz CT molecular complexity index is 558. The molecular formula is C12H18N2O4S. The van der Waals surface area contributed by atoms with Gasteiger partial charge < -0.3 is 10.8 Å². The largest absolute Gasteiger partial charge is 0.389 e. The van der Waals surface area contributed by atoms with Crippen molar-refractivity contribution >= 4 is 15.9 Å². The zero-order valence-electron chi connectivity index (χ0n) is 11.1. The lowest BCUT2D eigenvalue weighted by molar-refractivity contribution is 0.0640. The molecule has 0 bridgehead atoms. The van der Waals surface area contributed by atoms with Gasteiger partial charge in [-0.05, 0) is 38.1 Å². The van der Waals surface area contributed by atoms with Crippen molar-refractivity contribution in [2.75, 3.05) is 13.6 Å². The van der Waals surface area contributed by atoms with E-state index in [1.165, 1.54) is 45.2 Å². The first kappa shape index (κ1) is 15.6. The first-order valence-corrected chi connectivity index (χ1v) is 7.06. The Kier molecular flexibility index (Phi) is 4.34. The van der Waals surface area contributed by atoms with Crippen LogP contribution in [0.2, 0.25) is 0 Å². The summed E-state index contributed by atoms with van der Waals surface area (Å²) in [7, 11) is -2.31. The normalized spacial score (nSPS) is 12.7. The number of aliphatic hydroxyl groups is 1. The van der Waals surface area contributed by atoms with E-state index in [9.17, 15) is 18.3 Å². The second-order valence-corrected chi connectivity index (χ2v) is 7.01. The van der Waals surface area contributed by atoms with E-state index in [0.29, 0.717) is 0 Å². The highest BCUT2D eigenvalue weighted by molar-refractivity contribution is 7.89. The standard InChI is InChI=1S/C12H18N2O4S/c1-12(2,16)8-14(3)19(17,18)10-6-4-9(5-7-10)11(13)15/h4-7,16H,8H2,1-3H3,(H2,13,15). The number of nitrogens with zero attached hydrogens (tertiary/aromatic N) is 1. The van der Waals surface area contributed by atoms with Gasteiger partial charge in [0.05, 0.1) is 10.5 Å². The Morgan fingerprint density at radius 3 is 2.16 bits per heavy atom. The smallest absolute Gasteiger partial charge is 0.248 e. The number of nitrogens with two attached hydrogens (primary N) is 1. The molecule has 0 heterocycles. The summed E-state index contributed by atoms with van der Waals surface area (Å²) in [5.74, 6) is -0.617. The SMILES string of the molecule is CN(CC(C)(C)O)S(=O)(=O)c1ccc(C(N)=O)cc1. The maximum atomic E-state index is 12.2. The predicted molar refractivity (Wildman–Crippen MR) is 71.1 cm³/mol. The number of hydrogen-bond donors (Lipinski definition) is 2. The minimum atomic E-state index is -3.69. The molecule has 0 saturated heterocycles. The summed E-state index contributed by atoms with van der Waals surface area (Å²) in [4.78, 5) is 11.0. The van der Waals surface area contributed by atoms with Crippen molar-refractivity contribution in [1.82, 2.24) is 4.31 Å². The van der Waals surface area contributed by atoms with Gasteiger partial charge in [-0.3, -0.25) is 4.79 Å². The highest BCUT2D eigenvalue weighted by Gasteiger charge is 2.26. The van der Waals surface area contributed by atoms with Gasteiger partial charge in [-0.2, -0.15) is 4.31 Å². The van der Waals surface area contributed by atoms with Gasteiger partial charge in [0.2, 0.25) is 15.9 Å². The molecule has 1 aromatic rings. The Balaban J connectivity index is 3.03. The lowest BCUT2D eigenvalue weighted by Gasteiger charge is -2.25. The summed E-state index contributed by atoms with van der Waals surface area (Å²) < 4.78 is 25.4. The molecule has 0 radical (unpaired) electrons. The third-order valence-electron chi connectivity index (χ3n) is 2.46. The molecule has 106 valence electrons. The van der Waals surface area contributed by atoms with Gasteiger partial charge in [0.25, 0.3) is 0 Å². The van der Waals surface area contributed by atoms with E-state index in [-0.39, 0.29) is 17.0 Å². The van der Waals surface area contributed by atoms with Crippen LogP contribution >= 0.6 is 0 Å². The van der Waals surface area contributed by atoms with Crippen molar-refractivity contribution in [2.24, 2.45) is 5.73 Å². The van der Waals surface area contributed by atoms with Crippen LogP contribution in [-0.4, -0.2) is 42.9 Å². The van der Waals surface area contributed by atoms with Crippen LogP contribution in [0, 0.1) is 0 Å². The van der Waals surface area contributed by atoms with E-state index in [1.54, 1.807) is 0 Å². The lowest BCUT2D eigenvalue weighted by Crippen LogP contribution is -2.39. The lowest BCUT2D eigenvalue weighted by atomic mass is 10.1. The molecule has 0 aromatic heterocycles. The van der Waals surface area contributed by atoms with E-state index in [4.69, 9.17) is 5.73 Å². The van der Waals surface area contributed by atoms with Gasteiger partial charge in [-0.15, -0.1) is 0 Å². The molecule has 6 nitrogen and oxygen atoms in total. The van der Waals surface area contributed by atoms with E-state index in [2.05, 4.69) is 0 Å². The van der Waals surface area contributed by atoms with Crippen molar-refractivity contribution in [3.05, 3.63) is 29.8 Å². The summed E-state index contributed by atoms with van der Waals surface area (Å²) in [5, 5.41) is 9.65. The van der Waals surface area contributed by atoms with E-state index in [1.807, 2.05) is 0 Å². The summed E-state index contributed by atoms with van der Waals surface area (Å²) in [6, 6.07) is 5.34. The monoisotopic (exact) mass is 286 g/mol. The van der Waals surface area contributed by atoms with Crippen molar-refractivity contribution in [3.63, 3.8) is 0 Å². The maximum absolute atomic E-state index is 12.2. The summed E-state index contributed by atoms with van der Waals surface area (Å²) in [6.45, 7) is 3.01. The third kappa shape index (κ3) is 4.02. The number of hydrogen-bond acceptors (Lipinski definition) is 4. The molecule has 1 rings (SSSR count). The molecule has 0 aliphatic carbocycles. The molecule has 0 unspecified atom stereocenters. The predicted octanol–water partition coefficient (Wildman–Crippen LogP) is 0.177. The van der Waals surface area contributed by atoms with Crippen LogP contribution < -0.4 is 5.73 Å². The van der Waals surface area contributed by atoms with E-state index in [0.717, 1.165) is 4.31 Å². The second-order valence-electron chi connectivity index (χ2n) is 4.96. The molecule has 3 N–H and O–H groups in total. The van der Waals surface area contributed by atoms with Gasteiger partial charge in [-0.1, -0.05) is 0 Å². The van der Waals surface area contributed by atoms with Gasteiger partial charge >= 0.3 is 0 Å². The number of benzene rings is 1. The minimum absolute atomic E-state index is 0.0348. The van der Waals surface area contributed by atoms with Crippen molar-refractivity contribution in [3.8, 4) is 0 Å². The molecule has 0 aliphatic heterocycles. The fourth-order valence-corrected chi connectivity index (χ4v) is 2.93. The first-order valence-electron chi connectivity index (χ1n) is 5.62. The number of primary amides is 1. The van der Waals surface area contributed by atoms with Crippen LogP contribution in [0.15, 0.2) is 29.2 Å². The Hall–Kier alpha value is -1.44. The summed E-state index contributed by atoms with van der Waals surface area (Å²) in [6.07, 6.45) is 0. The van der Waals surface area contributed by atoms with Crippen LogP contribution in [-0.2, 0) is 10.0 Å². The van der Waals surface area contributed by atoms with Crippen LogP contribution in [0.25, 0.3) is 0 Å². The highest BCUT2D eigenvalue weighted by Crippen LogP contribution is 2.17. The van der Waals surface area contributed by atoms with Crippen molar-refractivity contribution in [2.45, 2.75) is 24.3 Å². The van der Waals surface area contributed by atoms with Crippen LogP contribution in [0.4, 0.5) is 0 Å². The fraction of sp³-hybridized carbons (Fsp3) is 0.417. The summed E-state index contributed by atoms with van der Waals surface area (Å²) in [5.41, 5.74) is 4.19. The molecule has 1 aromatic carbocycles. The van der Waals surface area contributed by atoms with E-state index >= 15 is 0 Å². The maximum Gasteiger partial charge on any atom is 0.248 e. The number of carbonyl (C=O) groups is 1. The molecule has 1 amide bonds. The molecule has 0 atom stereocenters. The van der Waals surface area contributed by atoms with Crippen LogP contribution in [0.3, 0.4) is 0 Å². The quantitative estimate of drug-likeness (QED) is 0.806. The Morgan fingerprint density at radius 2 is 1.79 bits per heavy atom. The van der Waals surface area contributed by atoms with Gasteiger partial charge in [0.15, 0.2) is 0 Å². The summed E-state index contributed by atoms with van der Waals surface area (Å²) >= 11 is 0. The van der Waals surface area contributed by atoms with E-state index < -0.39 is 21.5 Å². The highest BCUT2D eigenvalue weighted by atomic mass is 32.2. The number of sulfonamides is 1. The zero-order chi connectivity index (χ0) is 14.8. The number of amides is 1. The zero-order valence-corrected chi connectivity index (χ0v) is 11.9. The third-order valence-corrected chi connectivity index (χ3v) is 4.27. The average Bonchev–Trinajstić information content (AvgIpc) is 2.26. The van der Waals surface area contributed by atoms with Gasteiger partial charge in [-0.25, -0.2) is 8.42 Å². The number of rotatable bonds is 5.